The van der Waals surface area contributed by atoms with Crippen LogP contribution in [-0.4, -0.2) is 36.4 Å². The van der Waals surface area contributed by atoms with Gasteiger partial charge in [-0.25, -0.2) is 0 Å². The molecular weight excluding hydrogens is 328 g/mol. The number of hydrogen-bond acceptors (Lipinski definition) is 3. The summed E-state index contributed by atoms with van der Waals surface area (Å²) in [6.07, 6.45) is 2.41. The van der Waals surface area contributed by atoms with Crippen LogP contribution in [0.4, 0.5) is 5.69 Å². The molecule has 0 N–H and O–H groups in total. The Morgan fingerprint density at radius 1 is 1.12 bits per heavy atom. The molecule has 1 saturated heterocycles. The van der Waals surface area contributed by atoms with Crippen LogP contribution in [0.15, 0.2) is 48.5 Å². The normalized spacial score (nSPS) is 19.7. The number of amides is 2. The van der Waals surface area contributed by atoms with Crippen molar-refractivity contribution in [2.45, 2.75) is 31.8 Å². The second-order valence-corrected chi connectivity index (χ2v) is 6.85. The molecule has 1 atom stereocenters. The molecule has 5 heteroatoms. The highest BCUT2D eigenvalue weighted by atomic mass is 16.5. The van der Waals surface area contributed by atoms with Gasteiger partial charge in [0.25, 0.3) is 0 Å². The van der Waals surface area contributed by atoms with E-state index in [1.54, 1.807) is 16.9 Å². The third-order valence-electron chi connectivity index (χ3n) is 5.19. The van der Waals surface area contributed by atoms with Gasteiger partial charge >= 0.3 is 0 Å². The Labute approximate surface area is 153 Å². The molecule has 2 amide bonds. The van der Waals surface area contributed by atoms with Crippen molar-refractivity contribution in [2.75, 3.05) is 18.6 Å². The summed E-state index contributed by atoms with van der Waals surface area (Å²) in [5.74, 6) is 0.805. The molecule has 2 aliphatic rings. The first-order valence-electron chi connectivity index (χ1n) is 8.99. The van der Waals surface area contributed by atoms with Crippen molar-refractivity contribution in [3.05, 3.63) is 59.7 Å². The lowest BCUT2D eigenvalue weighted by molar-refractivity contribution is -0.142. The number of anilines is 1. The molecule has 2 heterocycles. The Hall–Kier alpha value is -2.82. The zero-order chi connectivity index (χ0) is 18.1. The second kappa shape index (κ2) is 6.83. The van der Waals surface area contributed by atoms with E-state index in [1.165, 1.54) is 0 Å². The maximum absolute atomic E-state index is 13.1. The Kier molecular flexibility index (Phi) is 4.37. The summed E-state index contributed by atoms with van der Waals surface area (Å²) in [7, 11) is 1.64. The fourth-order valence-corrected chi connectivity index (χ4v) is 3.91. The van der Waals surface area contributed by atoms with Crippen LogP contribution in [0.3, 0.4) is 0 Å². The number of methoxy groups -OCH3 is 1. The first-order chi connectivity index (χ1) is 12.7. The Morgan fingerprint density at radius 2 is 1.92 bits per heavy atom. The van der Waals surface area contributed by atoms with E-state index in [-0.39, 0.29) is 18.4 Å². The van der Waals surface area contributed by atoms with Crippen LogP contribution in [0.1, 0.15) is 24.0 Å². The van der Waals surface area contributed by atoms with Crippen molar-refractivity contribution in [3.63, 3.8) is 0 Å². The molecule has 1 unspecified atom stereocenters. The van der Waals surface area contributed by atoms with Gasteiger partial charge in [-0.2, -0.15) is 0 Å². The van der Waals surface area contributed by atoms with E-state index < -0.39 is 6.04 Å². The quantitative estimate of drug-likeness (QED) is 0.855. The number of piperazine rings is 1. The Bertz CT molecular complexity index is 834. The second-order valence-electron chi connectivity index (χ2n) is 6.85. The number of rotatable bonds is 3. The molecule has 4 rings (SSSR count). The number of nitrogens with zero attached hydrogens (tertiary/aromatic N) is 2. The van der Waals surface area contributed by atoms with E-state index in [4.69, 9.17) is 4.74 Å². The minimum absolute atomic E-state index is 0.0150. The van der Waals surface area contributed by atoms with Gasteiger partial charge < -0.3 is 9.64 Å². The lowest BCUT2D eigenvalue weighted by Crippen LogP contribution is -2.59. The van der Waals surface area contributed by atoms with Gasteiger partial charge in [0.2, 0.25) is 11.8 Å². The molecule has 0 bridgehead atoms. The summed E-state index contributed by atoms with van der Waals surface area (Å²) >= 11 is 0. The minimum Gasteiger partial charge on any atom is -0.497 e. The van der Waals surface area contributed by atoms with Crippen molar-refractivity contribution in [2.24, 2.45) is 0 Å². The first kappa shape index (κ1) is 16.6. The van der Waals surface area contributed by atoms with Crippen molar-refractivity contribution < 1.29 is 14.3 Å². The van der Waals surface area contributed by atoms with Crippen LogP contribution in [0.5, 0.6) is 5.75 Å². The summed E-state index contributed by atoms with van der Waals surface area (Å²) in [6, 6.07) is 15.2. The van der Waals surface area contributed by atoms with Crippen molar-refractivity contribution >= 4 is 17.5 Å². The maximum Gasteiger partial charge on any atom is 0.247 e. The molecule has 0 aromatic heterocycles. The summed E-state index contributed by atoms with van der Waals surface area (Å²) in [6.45, 7) is 0.598. The van der Waals surface area contributed by atoms with E-state index in [2.05, 4.69) is 0 Å². The number of carbonyl (C=O) groups is 2. The van der Waals surface area contributed by atoms with Gasteiger partial charge in [-0.3, -0.25) is 14.5 Å². The van der Waals surface area contributed by atoms with Gasteiger partial charge in [-0.1, -0.05) is 30.3 Å². The van der Waals surface area contributed by atoms with Gasteiger partial charge in [-0.15, -0.1) is 0 Å². The molecule has 0 aliphatic carbocycles. The molecule has 0 saturated carbocycles. The van der Waals surface area contributed by atoms with Crippen LogP contribution in [0, 0.1) is 0 Å². The van der Waals surface area contributed by atoms with Gasteiger partial charge in [-0.05, 0) is 48.6 Å². The van der Waals surface area contributed by atoms with Gasteiger partial charge in [0.05, 0.1) is 7.11 Å². The Balaban J connectivity index is 1.64. The molecule has 1 fully saturated rings. The molecule has 2 aromatic rings. The zero-order valence-corrected chi connectivity index (χ0v) is 14.9. The van der Waals surface area contributed by atoms with Crippen molar-refractivity contribution in [3.8, 4) is 5.75 Å². The van der Waals surface area contributed by atoms with E-state index in [9.17, 15) is 9.59 Å². The molecule has 2 aromatic carbocycles. The predicted molar refractivity (Wildman–Crippen MR) is 99.1 cm³/mol. The van der Waals surface area contributed by atoms with Crippen molar-refractivity contribution in [1.29, 1.82) is 0 Å². The molecule has 2 aliphatic heterocycles. The van der Waals surface area contributed by atoms with E-state index in [0.717, 1.165) is 35.4 Å². The summed E-state index contributed by atoms with van der Waals surface area (Å²) in [4.78, 5) is 29.4. The summed E-state index contributed by atoms with van der Waals surface area (Å²) in [5.41, 5.74) is 2.97. The minimum atomic E-state index is -0.408. The highest BCUT2D eigenvalue weighted by molar-refractivity contribution is 6.07. The molecule has 5 nitrogen and oxygen atoms in total. The lowest BCUT2D eigenvalue weighted by Gasteiger charge is -2.40. The highest BCUT2D eigenvalue weighted by Crippen LogP contribution is 2.35. The first-order valence-corrected chi connectivity index (χ1v) is 8.99. The summed E-state index contributed by atoms with van der Waals surface area (Å²) < 4.78 is 5.31. The largest absolute Gasteiger partial charge is 0.497 e. The average Bonchev–Trinajstić information content (AvgIpc) is 2.86. The number of fused-ring (bicyclic) bond motifs is 3. The van der Waals surface area contributed by atoms with Crippen LogP contribution < -0.4 is 9.64 Å². The molecule has 134 valence electrons. The topological polar surface area (TPSA) is 49.9 Å². The molecular formula is C21H22N2O3. The van der Waals surface area contributed by atoms with E-state index >= 15 is 0 Å². The molecule has 26 heavy (non-hydrogen) atoms. The van der Waals surface area contributed by atoms with Gasteiger partial charge in [0.15, 0.2) is 0 Å². The zero-order valence-electron chi connectivity index (χ0n) is 14.9. The number of hydrogen-bond donors (Lipinski definition) is 0. The SMILES string of the molecule is COc1ccc2c(c1)CCCC1C(=O)N(Cc3ccccc3)CC(=O)N21. The van der Waals surface area contributed by atoms with E-state index in [0.29, 0.717) is 13.0 Å². The standard InChI is InChI=1S/C21H22N2O3/c1-26-17-10-11-18-16(12-17)8-5-9-19-21(25)22(14-20(24)23(18)19)13-15-6-3-2-4-7-15/h2-4,6-7,10-12,19H,5,8-9,13-14H2,1H3. The summed E-state index contributed by atoms with van der Waals surface area (Å²) in [5, 5.41) is 0. The van der Waals surface area contributed by atoms with Crippen molar-refractivity contribution in [1.82, 2.24) is 4.90 Å². The van der Waals surface area contributed by atoms with Crippen LogP contribution in [0.2, 0.25) is 0 Å². The number of benzene rings is 2. The fraction of sp³-hybridized carbons (Fsp3) is 0.333. The fourth-order valence-electron chi connectivity index (χ4n) is 3.91. The number of ether oxygens (including phenoxy) is 1. The molecule has 0 spiro atoms. The average molecular weight is 350 g/mol. The number of aryl methyl sites for hydroxylation is 1. The molecule has 0 radical (unpaired) electrons. The third kappa shape index (κ3) is 2.94. The van der Waals surface area contributed by atoms with E-state index in [1.807, 2.05) is 48.5 Å². The third-order valence-corrected chi connectivity index (χ3v) is 5.19. The number of carbonyl (C=O) groups excluding carboxylic acids is 2. The van der Waals surface area contributed by atoms with Crippen LogP contribution in [0.25, 0.3) is 0 Å². The predicted octanol–water partition coefficient (Wildman–Crippen LogP) is 2.78. The maximum atomic E-state index is 13.1. The smallest absolute Gasteiger partial charge is 0.247 e. The monoisotopic (exact) mass is 350 g/mol. The van der Waals surface area contributed by atoms with Crippen LogP contribution >= 0.6 is 0 Å². The van der Waals surface area contributed by atoms with Crippen LogP contribution in [-0.2, 0) is 22.6 Å². The van der Waals surface area contributed by atoms with Gasteiger partial charge in [0.1, 0.15) is 18.3 Å². The lowest BCUT2D eigenvalue weighted by atomic mass is 10.0. The Morgan fingerprint density at radius 3 is 2.69 bits per heavy atom. The van der Waals surface area contributed by atoms with Gasteiger partial charge in [0, 0.05) is 12.2 Å². The highest BCUT2D eigenvalue weighted by Gasteiger charge is 2.41.